The summed E-state index contributed by atoms with van der Waals surface area (Å²) in [5.74, 6) is -1.57. The smallest absolute Gasteiger partial charge is 0.163 e. The molecule has 0 saturated carbocycles. The van der Waals surface area contributed by atoms with Crippen LogP contribution in [0.3, 0.4) is 0 Å². The molecule has 3 atom stereocenters. The predicted molar refractivity (Wildman–Crippen MR) is 76.2 cm³/mol. The van der Waals surface area contributed by atoms with Crippen LogP contribution < -0.4 is 5.73 Å². The Hall–Kier alpha value is -0.650. The molecule has 2 nitrogen and oxygen atoms in total. The average Bonchev–Trinajstić information content (AvgIpc) is 2.34. The van der Waals surface area contributed by atoms with Crippen molar-refractivity contribution in [2.45, 2.75) is 30.4 Å². The predicted octanol–water partition coefficient (Wildman–Crippen LogP) is 2.79. The summed E-state index contributed by atoms with van der Waals surface area (Å²) in [7, 11) is 0. The van der Waals surface area contributed by atoms with Gasteiger partial charge in [0.25, 0.3) is 0 Å². The lowest BCUT2D eigenvalue weighted by Gasteiger charge is -2.39. The van der Waals surface area contributed by atoms with Gasteiger partial charge in [0.1, 0.15) is 0 Å². The molecule has 0 bridgehead atoms. The van der Waals surface area contributed by atoms with E-state index in [1.165, 1.54) is 0 Å². The van der Waals surface area contributed by atoms with E-state index in [4.69, 9.17) is 5.73 Å². The van der Waals surface area contributed by atoms with Crippen LogP contribution in [-0.2, 0) is 0 Å². The molecule has 1 heterocycles. The minimum atomic E-state index is -0.802. The van der Waals surface area contributed by atoms with Crippen LogP contribution in [0.5, 0.6) is 0 Å². The first-order chi connectivity index (χ1) is 9.02. The number of hydrogen-bond donors (Lipinski definition) is 1. The van der Waals surface area contributed by atoms with E-state index in [2.05, 4.69) is 18.7 Å². The maximum Gasteiger partial charge on any atom is 0.163 e. The summed E-state index contributed by atoms with van der Waals surface area (Å²) in [6, 6.07) is 4.07. The molecule has 1 saturated heterocycles. The number of hydrogen-bond acceptors (Lipinski definition) is 3. The van der Waals surface area contributed by atoms with E-state index in [1.807, 2.05) is 11.8 Å². The third-order valence-corrected chi connectivity index (χ3v) is 4.68. The lowest BCUT2D eigenvalue weighted by Crippen LogP contribution is -2.45. The highest BCUT2D eigenvalue weighted by atomic mass is 32.2. The van der Waals surface area contributed by atoms with E-state index in [1.54, 1.807) is 12.1 Å². The summed E-state index contributed by atoms with van der Waals surface area (Å²) < 4.78 is 27.3. The number of halogens is 2. The van der Waals surface area contributed by atoms with Crippen LogP contribution >= 0.6 is 11.8 Å². The average molecular weight is 286 g/mol. The second-order valence-electron chi connectivity index (χ2n) is 5.11. The van der Waals surface area contributed by atoms with Gasteiger partial charge in [-0.1, -0.05) is 26.0 Å². The second kappa shape index (κ2) is 6.20. The molecule has 5 heteroatoms. The molecule has 0 aliphatic carbocycles. The van der Waals surface area contributed by atoms with Crippen molar-refractivity contribution in [1.82, 2.24) is 4.90 Å². The lowest BCUT2D eigenvalue weighted by atomic mass is 10.0. The summed E-state index contributed by atoms with van der Waals surface area (Å²) in [5, 5.41) is 0.962. The van der Waals surface area contributed by atoms with Gasteiger partial charge < -0.3 is 5.73 Å². The SMILES string of the molecule is CC1CN(C(CN)c2cccc(F)c2F)CC(C)S1. The number of benzene rings is 1. The Labute approximate surface area is 117 Å². The Morgan fingerprint density at radius 3 is 2.53 bits per heavy atom. The molecule has 1 aromatic rings. The van der Waals surface area contributed by atoms with E-state index in [0.717, 1.165) is 19.2 Å². The number of rotatable bonds is 3. The van der Waals surface area contributed by atoms with E-state index in [-0.39, 0.29) is 6.04 Å². The standard InChI is InChI=1S/C14H20F2N2S/c1-9-7-18(8-10(2)19-9)13(6-17)11-4-3-5-12(15)14(11)16/h3-5,9-10,13H,6-8,17H2,1-2H3. The van der Waals surface area contributed by atoms with Crippen LogP contribution in [0.2, 0.25) is 0 Å². The molecule has 19 heavy (non-hydrogen) atoms. The number of thioether (sulfide) groups is 1. The topological polar surface area (TPSA) is 29.3 Å². The summed E-state index contributed by atoms with van der Waals surface area (Å²) in [6.07, 6.45) is 0. The molecule has 2 N–H and O–H groups in total. The van der Waals surface area contributed by atoms with E-state index >= 15 is 0 Å². The Balaban J connectivity index is 2.26. The van der Waals surface area contributed by atoms with Crippen LogP contribution in [0.1, 0.15) is 25.5 Å². The first-order valence-corrected chi connectivity index (χ1v) is 7.50. The van der Waals surface area contributed by atoms with Crippen molar-refractivity contribution < 1.29 is 8.78 Å². The van der Waals surface area contributed by atoms with Crippen LogP contribution in [0.4, 0.5) is 8.78 Å². The van der Waals surface area contributed by atoms with Gasteiger partial charge in [-0.3, -0.25) is 4.90 Å². The van der Waals surface area contributed by atoms with Crippen molar-refractivity contribution in [1.29, 1.82) is 0 Å². The highest BCUT2D eigenvalue weighted by Crippen LogP contribution is 2.31. The summed E-state index contributed by atoms with van der Waals surface area (Å²) >= 11 is 1.93. The van der Waals surface area contributed by atoms with Gasteiger partial charge in [0.2, 0.25) is 0 Å². The van der Waals surface area contributed by atoms with E-state index in [0.29, 0.717) is 22.6 Å². The largest absolute Gasteiger partial charge is 0.329 e. The van der Waals surface area contributed by atoms with Crippen molar-refractivity contribution in [2.75, 3.05) is 19.6 Å². The quantitative estimate of drug-likeness (QED) is 0.926. The molecule has 3 unspecified atom stereocenters. The molecule has 106 valence electrons. The second-order valence-corrected chi connectivity index (χ2v) is 6.99. The van der Waals surface area contributed by atoms with E-state index in [9.17, 15) is 8.78 Å². The first-order valence-electron chi connectivity index (χ1n) is 6.56. The first kappa shape index (κ1) is 14.8. The Kier molecular flexibility index (Phi) is 4.81. The molecular weight excluding hydrogens is 266 g/mol. The summed E-state index contributed by atoms with van der Waals surface area (Å²) in [4.78, 5) is 2.17. The molecule has 1 aliphatic heterocycles. The zero-order valence-corrected chi connectivity index (χ0v) is 12.1. The van der Waals surface area contributed by atoms with Crippen LogP contribution in [0.15, 0.2) is 18.2 Å². The summed E-state index contributed by atoms with van der Waals surface area (Å²) in [5.41, 5.74) is 6.18. The van der Waals surface area contributed by atoms with Crippen molar-refractivity contribution in [3.05, 3.63) is 35.4 Å². The van der Waals surface area contributed by atoms with Crippen LogP contribution in [-0.4, -0.2) is 35.0 Å². The monoisotopic (exact) mass is 286 g/mol. The van der Waals surface area contributed by atoms with E-state index < -0.39 is 11.6 Å². The zero-order chi connectivity index (χ0) is 14.0. The van der Waals surface area contributed by atoms with Crippen LogP contribution in [0, 0.1) is 11.6 Å². The maximum atomic E-state index is 13.9. The van der Waals surface area contributed by atoms with Gasteiger partial charge in [-0.2, -0.15) is 11.8 Å². The molecule has 1 aromatic carbocycles. The minimum Gasteiger partial charge on any atom is -0.329 e. The summed E-state index contributed by atoms with van der Waals surface area (Å²) in [6.45, 7) is 6.32. The fourth-order valence-electron chi connectivity index (χ4n) is 2.72. The third-order valence-electron chi connectivity index (χ3n) is 3.45. The van der Waals surface area contributed by atoms with Gasteiger partial charge in [0.15, 0.2) is 11.6 Å². The molecule has 1 fully saturated rings. The van der Waals surface area contributed by atoms with Gasteiger partial charge in [0, 0.05) is 35.7 Å². The van der Waals surface area contributed by atoms with Gasteiger partial charge in [-0.25, -0.2) is 8.78 Å². The highest BCUT2D eigenvalue weighted by molar-refractivity contribution is 8.00. The van der Waals surface area contributed by atoms with Gasteiger partial charge in [-0.05, 0) is 6.07 Å². The Morgan fingerprint density at radius 2 is 1.95 bits per heavy atom. The molecule has 0 spiro atoms. The molecule has 0 aromatic heterocycles. The van der Waals surface area contributed by atoms with Gasteiger partial charge in [-0.15, -0.1) is 0 Å². The normalized spacial score (nSPS) is 26.4. The van der Waals surface area contributed by atoms with Crippen molar-refractivity contribution in [3.8, 4) is 0 Å². The van der Waals surface area contributed by atoms with Crippen molar-refractivity contribution in [2.24, 2.45) is 5.73 Å². The lowest BCUT2D eigenvalue weighted by molar-refractivity contribution is 0.194. The van der Waals surface area contributed by atoms with Crippen LogP contribution in [0.25, 0.3) is 0 Å². The fraction of sp³-hybridized carbons (Fsp3) is 0.571. The van der Waals surface area contributed by atoms with Gasteiger partial charge >= 0.3 is 0 Å². The Bertz CT molecular complexity index is 431. The highest BCUT2D eigenvalue weighted by Gasteiger charge is 2.29. The fourth-order valence-corrected chi connectivity index (χ4v) is 4.07. The molecule has 2 rings (SSSR count). The number of nitrogens with two attached hydrogens (primary N) is 1. The van der Waals surface area contributed by atoms with Gasteiger partial charge in [0.05, 0.1) is 6.04 Å². The van der Waals surface area contributed by atoms with Crippen molar-refractivity contribution >= 4 is 11.8 Å². The molecule has 0 amide bonds. The minimum absolute atomic E-state index is 0.249. The molecule has 1 aliphatic rings. The number of nitrogens with zero attached hydrogens (tertiary/aromatic N) is 1. The Morgan fingerprint density at radius 1 is 1.32 bits per heavy atom. The molecular formula is C14H20F2N2S. The maximum absolute atomic E-state index is 13.9. The zero-order valence-electron chi connectivity index (χ0n) is 11.3. The third kappa shape index (κ3) is 3.27. The molecule has 0 radical (unpaired) electrons. The van der Waals surface area contributed by atoms with Crippen molar-refractivity contribution in [3.63, 3.8) is 0 Å².